The number of aliphatic carboxylic acids is 1. The van der Waals surface area contributed by atoms with E-state index in [2.05, 4.69) is 10.3 Å². The van der Waals surface area contributed by atoms with Crippen LogP contribution in [0, 0.1) is 23.4 Å². The van der Waals surface area contributed by atoms with Gasteiger partial charge in [-0.1, -0.05) is 35.5 Å². The van der Waals surface area contributed by atoms with E-state index in [-0.39, 0.29) is 30.3 Å². The molecule has 0 fully saturated rings. The molecule has 3 aromatic carbocycles. The van der Waals surface area contributed by atoms with Crippen LogP contribution in [-0.2, 0) is 17.8 Å². The topological polar surface area (TPSA) is 105 Å². The van der Waals surface area contributed by atoms with E-state index in [0.29, 0.717) is 17.5 Å². The molecule has 0 bridgehead atoms. The third kappa shape index (κ3) is 5.60. The summed E-state index contributed by atoms with van der Waals surface area (Å²) in [4.78, 5) is 24.3. The number of aliphatic hydroxyl groups excluding tert-OH is 1. The highest BCUT2D eigenvalue weighted by molar-refractivity contribution is 5.76. The number of aryl methyl sites for hydroxylation is 2. The van der Waals surface area contributed by atoms with E-state index in [1.807, 2.05) is 0 Å². The Morgan fingerprint density at radius 3 is 2.33 bits per heavy atom. The Bertz CT molecular complexity index is 1460. The maximum atomic E-state index is 13.5. The zero-order chi connectivity index (χ0) is 25.8. The Labute approximate surface area is 203 Å². The first-order chi connectivity index (χ1) is 17.2. The van der Waals surface area contributed by atoms with Gasteiger partial charge in [0.05, 0.1) is 17.4 Å². The summed E-state index contributed by atoms with van der Waals surface area (Å²) in [5.74, 6) is -4.85. The summed E-state index contributed by atoms with van der Waals surface area (Å²) in [6, 6.07) is 14.2. The van der Waals surface area contributed by atoms with Crippen molar-refractivity contribution in [2.75, 3.05) is 0 Å². The third-order valence-corrected chi connectivity index (χ3v) is 6.05. The Kier molecular flexibility index (Phi) is 7.44. The van der Waals surface area contributed by atoms with Crippen molar-refractivity contribution in [3.63, 3.8) is 0 Å². The number of aromatic nitrogens is 3. The zero-order valence-corrected chi connectivity index (χ0v) is 18.9. The van der Waals surface area contributed by atoms with Crippen molar-refractivity contribution in [3.8, 4) is 11.1 Å². The van der Waals surface area contributed by atoms with Crippen LogP contribution >= 0.6 is 0 Å². The summed E-state index contributed by atoms with van der Waals surface area (Å²) < 4.78 is 41.1. The lowest BCUT2D eigenvalue weighted by atomic mass is 9.93. The van der Waals surface area contributed by atoms with Crippen molar-refractivity contribution in [1.82, 2.24) is 15.0 Å². The normalized spacial score (nSPS) is 13.0. The first kappa shape index (κ1) is 25.1. The van der Waals surface area contributed by atoms with Crippen LogP contribution in [0.5, 0.6) is 0 Å². The van der Waals surface area contributed by atoms with Gasteiger partial charge in [-0.3, -0.25) is 9.59 Å². The number of carbonyl (C=O) groups is 1. The highest BCUT2D eigenvalue weighted by Gasteiger charge is 2.26. The molecule has 4 rings (SSSR count). The molecule has 36 heavy (non-hydrogen) atoms. The molecule has 0 radical (unpaired) electrons. The predicted octanol–water partition coefficient (Wildman–Crippen LogP) is 3.96. The molecule has 0 aliphatic heterocycles. The summed E-state index contributed by atoms with van der Waals surface area (Å²) in [5.41, 5.74) is 1.65. The highest BCUT2D eigenvalue weighted by Crippen LogP contribution is 2.23. The van der Waals surface area contributed by atoms with Crippen LogP contribution in [0.15, 0.2) is 65.5 Å². The third-order valence-electron chi connectivity index (χ3n) is 6.05. The molecule has 7 nitrogen and oxygen atoms in total. The zero-order valence-electron chi connectivity index (χ0n) is 18.9. The summed E-state index contributed by atoms with van der Waals surface area (Å²) in [5, 5.41) is 27.8. The molecule has 10 heteroatoms. The summed E-state index contributed by atoms with van der Waals surface area (Å²) in [6.45, 7) is -0.116. The van der Waals surface area contributed by atoms with Crippen LogP contribution in [-0.4, -0.2) is 37.3 Å². The number of halogens is 3. The van der Waals surface area contributed by atoms with Crippen molar-refractivity contribution < 1.29 is 28.2 Å². The molecule has 2 N–H and O–H groups in total. The van der Waals surface area contributed by atoms with E-state index < -0.39 is 41.0 Å². The molecule has 4 aromatic rings. The van der Waals surface area contributed by atoms with Gasteiger partial charge in [0.1, 0.15) is 11.3 Å². The van der Waals surface area contributed by atoms with E-state index in [0.717, 1.165) is 34.5 Å². The Morgan fingerprint density at radius 1 is 0.917 bits per heavy atom. The van der Waals surface area contributed by atoms with Crippen LogP contribution < -0.4 is 5.56 Å². The number of carboxylic acid groups (broad SMARTS) is 1. The Morgan fingerprint density at radius 2 is 1.64 bits per heavy atom. The fourth-order valence-corrected chi connectivity index (χ4v) is 3.99. The number of benzene rings is 3. The van der Waals surface area contributed by atoms with Gasteiger partial charge in [0.25, 0.3) is 5.56 Å². The number of rotatable bonds is 9. The Hall–Kier alpha value is -4.05. The van der Waals surface area contributed by atoms with Crippen LogP contribution in [0.1, 0.15) is 18.4 Å². The lowest BCUT2D eigenvalue weighted by molar-refractivity contribution is -0.146. The number of nitrogens with zero attached hydrogens (tertiary/aromatic N) is 3. The van der Waals surface area contributed by atoms with Crippen molar-refractivity contribution in [1.29, 1.82) is 0 Å². The number of carboxylic acids is 1. The standard InChI is InChI=1S/C26H22F3N3O4/c27-18-7-9-23-20(14-18)25(34)32(31-30-23)12-11-19(26(35)36)24(33)10-3-15-1-4-16(5-2-15)17-6-8-21(28)22(29)13-17/h1-2,4-9,13-14,19,24,33H,3,10-12H2,(H,35,36)/t19-,24+/m0/s1. The first-order valence-corrected chi connectivity index (χ1v) is 11.2. The molecule has 2 atom stereocenters. The van der Waals surface area contributed by atoms with E-state index in [1.54, 1.807) is 24.3 Å². The van der Waals surface area contributed by atoms with E-state index in [1.165, 1.54) is 12.1 Å². The fourth-order valence-electron chi connectivity index (χ4n) is 3.99. The van der Waals surface area contributed by atoms with Gasteiger partial charge in [-0.2, -0.15) is 0 Å². The second kappa shape index (κ2) is 10.7. The minimum absolute atomic E-state index is 0.0317. The maximum absolute atomic E-state index is 13.5. The molecule has 186 valence electrons. The molecule has 0 aliphatic rings. The second-order valence-corrected chi connectivity index (χ2v) is 8.44. The molecule has 0 aliphatic carbocycles. The quantitative estimate of drug-likeness (QED) is 0.363. The molecule has 0 saturated heterocycles. The smallest absolute Gasteiger partial charge is 0.309 e. The van der Waals surface area contributed by atoms with Crippen molar-refractivity contribution in [3.05, 3.63) is 94.0 Å². The molecule has 1 aromatic heterocycles. The summed E-state index contributed by atoms with van der Waals surface area (Å²) in [7, 11) is 0. The average molecular weight is 497 g/mol. The molecule has 0 saturated carbocycles. The summed E-state index contributed by atoms with van der Waals surface area (Å²) >= 11 is 0. The lowest BCUT2D eigenvalue weighted by Crippen LogP contribution is -2.32. The molecule has 0 amide bonds. The van der Waals surface area contributed by atoms with Crippen molar-refractivity contribution >= 4 is 16.9 Å². The minimum atomic E-state index is -1.22. The first-order valence-electron chi connectivity index (χ1n) is 11.2. The van der Waals surface area contributed by atoms with Gasteiger partial charge in [0.15, 0.2) is 11.6 Å². The second-order valence-electron chi connectivity index (χ2n) is 8.44. The number of fused-ring (bicyclic) bond motifs is 1. The van der Waals surface area contributed by atoms with E-state index in [4.69, 9.17) is 0 Å². The van der Waals surface area contributed by atoms with Gasteiger partial charge in [-0.05, 0) is 66.3 Å². The van der Waals surface area contributed by atoms with Gasteiger partial charge >= 0.3 is 5.97 Å². The van der Waals surface area contributed by atoms with Crippen molar-refractivity contribution in [2.45, 2.75) is 31.9 Å². The SMILES string of the molecule is O=C(O)[C@@H](CCn1nnc2ccc(F)cc2c1=O)[C@H](O)CCc1ccc(-c2ccc(F)c(F)c2)cc1. The number of hydrogen-bond donors (Lipinski definition) is 2. The van der Waals surface area contributed by atoms with Crippen LogP contribution in [0.25, 0.3) is 22.0 Å². The average Bonchev–Trinajstić information content (AvgIpc) is 2.86. The van der Waals surface area contributed by atoms with Crippen LogP contribution in [0.3, 0.4) is 0 Å². The summed E-state index contributed by atoms with van der Waals surface area (Å²) in [6.07, 6.45) is -0.765. The molecule has 0 unspecified atom stereocenters. The monoisotopic (exact) mass is 497 g/mol. The number of hydrogen-bond acceptors (Lipinski definition) is 5. The fraction of sp³-hybridized carbons (Fsp3) is 0.231. The molecular weight excluding hydrogens is 475 g/mol. The van der Waals surface area contributed by atoms with Gasteiger partial charge in [-0.25, -0.2) is 17.9 Å². The van der Waals surface area contributed by atoms with Crippen LogP contribution in [0.2, 0.25) is 0 Å². The van der Waals surface area contributed by atoms with Gasteiger partial charge < -0.3 is 10.2 Å². The van der Waals surface area contributed by atoms with Gasteiger partial charge in [-0.15, -0.1) is 5.10 Å². The highest BCUT2D eigenvalue weighted by atomic mass is 19.2. The van der Waals surface area contributed by atoms with Crippen molar-refractivity contribution in [2.24, 2.45) is 5.92 Å². The van der Waals surface area contributed by atoms with E-state index >= 15 is 0 Å². The van der Waals surface area contributed by atoms with E-state index in [9.17, 15) is 33.0 Å². The number of aliphatic hydroxyl groups is 1. The molecular formula is C26H22F3N3O4. The maximum Gasteiger partial charge on any atom is 0.309 e. The van der Waals surface area contributed by atoms with Crippen LogP contribution in [0.4, 0.5) is 13.2 Å². The largest absolute Gasteiger partial charge is 0.481 e. The molecule has 0 spiro atoms. The Balaban J connectivity index is 1.39. The lowest BCUT2D eigenvalue weighted by Gasteiger charge is -2.19. The molecule has 1 heterocycles. The predicted molar refractivity (Wildman–Crippen MR) is 126 cm³/mol. The van der Waals surface area contributed by atoms with Gasteiger partial charge in [0, 0.05) is 6.54 Å². The van der Waals surface area contributed by atoms with Gasteiger partial charge in [0.2, 0.25) is 0 Å². The minimum Gasteiger partial charge on any atom is -0.481 e.